The van der Waals surface area contributed by atoms with E-state index in [4.69, 9.17) is 0 Å². The number of hydrogen-bond donors (Lipinski definition) is 1. The Morgan fingerprint density at radius 1 is 1.00 bits per heavy atom. The minimum atomic E-state index is -2.31. The van der Waals surface area contributed by atoms with Gasteiger partial charge in [0.2, 0.25) is 5.82 Å². The molecule has 0 fully saturated rings. The molecule has 0 aliphatic rings. The van der Waals surface area contributed by atoms with Gasteiger partial charge in [-0.2, -0.15) is 5.10 Å². The van der Waals surface area contributed by atoms with E-state index in [1.807, 2.05) is 0 Å². The van der Waals surface area contributed by atoms with Gasteiger partial charge >= 0.3 is 0 Å². The summed E-state index contributed by atoms with van der Waals surface area (Å²) in [5.74, 6) is -12.1. The maximum Gasteiger partial charge on any atom is 0.276 e. The van der Waals surface area contributed by atoms with Crippen LogP contribution in [0.25, 0.3) is 5.65 Å². The van der Waals surface area contributed by atoms with Crippen LogP contribution in [0.1, 0.15) is 10.5 Å². The lowest BCUT2D eigenvalue weighted by Gasteiger charge is -2.08. The highest BCUT2D eigenvalue weighted by Gasteiger charge is 2.27. The van der Waals surface area contributed by atoms with Gasteiger partial charge in [0.1, 0.15) is 5.69 Å². The quantitative estimate of drug-likeness (QED) is 0.447. The molecule has 0 radical (unpaired) electrons. The summed E-state index contributed by atoms with van der Waals surface area (Å²) in [4.78, 5) is 15.8. The summed E-state index contributed by atoms with van der Waals surface area (Å²) >= 11 is 0. The molecule has 2 aromatic heterocycles. The lowest BCUT2D eigenvalue weighted by molar-refractivity contribution is 0.102. The Kier molecular flexibility index (Phi) is 3.43. The zero-order valence-corrected chi connectivity index (χ0v) is 10.9. The third kappa shape index (κ3) is 2.37. The van der Waals surface area contributed by atoms with Crippen molar-refractivity contribution in [1.82, 2.24) is 14.6 Å². The highest BCUT2D eigenvalue weighted by molar-refractivity contribution is 6.03. The van der Waals surface area contributed by atoms with Crippen LogP contribution < -0.4 is 5.32 Å². The van der Waals surface area contributed by atoms with Crippen molar-refractivity contribution in [3.05, 3.63) is 59.3 Å². The molecule has 0 atom stereocenters. The molecule has 3 aromatic rings. The molecule has 0 spiro atoms. The molecule has 0 bridgehead atoms. The van der Waals surface area contributed by atoms with Crippen LogP contribution in [-0.2, 0) is 0 Å². The summed E-state index contributed by atoms with van der Waals surface area (Å²) < 4.78 is 67.3. The number of carbonyl (C=O) groups is 1. The second-order valence-electron chi connectivity index (χ2n) is 4.35. The van der Waals surface area contributed by atoms with Gasteiger partial charge in [-0.15, -0.1) is 0 Å². The zero-order valence-electron chi connectivity index (χ0n) is 10.9. The molecular formula is C13H5F5N4O. The summed E-state index contributed by atoms with van der Waals surface area (Å²) in [5, 5.41) is 5.39. The molecule has 0 saturated heterocycles. The molecule has 0 unspecified atom stereocenters. The molecule has 0 saturated carbocycles. The molecule has 23 heavy (non-hydrogen) atoms. The van der Waals surface area contributed by atoms with Crippen molar-refractivity contribution < 1.29 is 26.7 Å². The number of aromatic nitrogens is 3. The van der Waals surface area contributed by atoms with Gasteiger partial charge in [-0.3, -0.25) is 4.79 Å². The lowest BCUT2D eigenvalue weighted by atomic mass is 10.2. The molecular weight excluding hydrogens is 323 g/mol. The fourth-order valence-electron chi connectivity index (χ4n) is 1.83. The molecule has 118 valence electrons. The minimum Gasteiger partial charge on any atom is -0.315 e. The first-order chi connectivity index (χ1) is 10.9. The van der Waals surface area contributed by atoms with Gasteiger partial charge in [0.05, 0.1) is 0 Å². The standard InChI is InChI=1S/C13H5F5N4O/c14-7-8(15)10(17)12(11(18)9(7)16)20-13(23)5-4-6-19-2-1-3-22(6)21-5/h1-4H,(H,20,23). The lowest BCUT2D eigenvalue weighted by Crippen LogP contribution is -2.17. The number of amides is 1. The van der Waals surface area contributed by atoms with Crippen molar-refractivity contribution >= 4 is 17.2 Å². The van der Waals surface area contributed by atoms with Crippen molar-refractivity contribution in [1.29, 1.82) is 0 Å². The Labute approximate surface area is 124 Å². The first-order valence-electron chi connectivity index (χ1n) is 6.03. The maximum atomic E-state index is 13.5. The van der Waals surface area contributed by atoms with Crippen LogP contribution in [0.2, 0.25) is 0 Å². The summed E-state index contributed by atoms with van der Waals surface area (Å²) in [7, 11) is 0. The van der Waals surface area contributed by atoms with Gasteiger partial charge in [0, 0.05) is 18.5 Å². The Morgan fingerprint density at radius 2 is 1.61 bits per heavy atom. The Morgan fingerprint density at radius 3 is 2.22 bits per heavy atom. The first-order valence-corrected chi connectivity index (χ1v) is 6.03. The average molecular weight is 328 g/mol. The van der Waals surface area contributed by atoms with Gasteiger partial charge < -0.3 is 5.32 Å². The van der Waals surface area contributed by atoms with Crippen molar-refractivity contribution in [2.24, 2.45) is 0 Å². The van der Waals surface area contributed by atoms with E-state index in [1.165, 1.54) is 29.0 Å². The number of nitrogens with one attached hydrogen (secondary N) is 1. The summed E-state index contributed by atoms with van der Waals surface area (Å²) in [6, 6.07) is 2.70. The van der Waals surface area contributed by atoms with Crippen molar-refractivity contribution in [2.45, 2.75) is 0 Å². The molecule has 2 heterocycles. The van der Waals surface area contributed by atoms with Crippen LogP contribution in [0, 0.1) is 29.1 Å². The van der Waals surface area contributed by atoms with Crippen molar-refractivity contribution in [3.63, 3.8) is 0 Å². The number of carbonyl (C=O) groups excluding carboxylic acids is 1. The van der Waals surface area contributed by atoms with E-state index in [9.17, 15) is 26.7 Å². The van der Waals surface area contributed by atoms with Crippen LogP contribution in [0.4, 0.5) is 27.6 Å². The van der Waals surface area contributed by atoms with Gasteiger partial charge in [-0.1, -0.05) is 0 Å². The number of anilines is 1. The smallest absolute Gasteiger partial charge is 0.276 e. The van der Waals surface area contributed by atoms with E-state index in [-0.39, 0.29) is 11.3 Å². The van der Waals surface area contributed by atoms with E-state index in [0.29, 0.717) is 0 Å². The summed E-state index contributed by atoms with van der Waals surface area (Å²) in [6.07, 6.45) is 2.88. The molecule has 5 nitrogen and oxygen atoms in total. The van der Waals surface area contributed by atoms with Crippen LogP contribution in [0.3, 0.4) is 0 Å². The normalized spacial score (nSPS) is 11.0. The van der Waals surface area contributed by atoms with E-state index >= 15 is 0 Å². The predicted octanol–water partition coefficient (Wildman–Crippen LogP) is 2.68. The average Bonchev–Trinajstić information content (AvgIpc) is 2.99. The van der Waals surface area contributed by atoms with Crippen LogP contribution in [-0.4, -0.2) is 20.5 Å². The predicted molar refractivity (Wildman–Crippen MR) is 67.2 cm³/mol. The van der Waals surface area contributed by atoms with Crippen LogP contribution >= 0.6 is 0 Å². The van der Waals surface area contributed by atoms with E-state index in [0.717, 1.165) is 0 Å². The Bertz CT molecular complexity index is 877. The third-order valence-corrected chi connectivity index (χ3v) is 2.92. The molecule has 0 aliphatic heterocycles. The Hall–Kier alpha value is -3.04. The van der Waals surface area contributed by atoms with Crippen molar-refractivity contribution in [2.75, 3.05) is 5.32 Å². The highest BCUT2D eigenvalue weighted by Crippen LogP contribution is 2.27. The largest absolute Gasteiger partial charge is 0.315 e. The van der Waals surface area contributed by atoms with Crippen LogP contribution in [0.15, 0.2) is 24.5 Å². The summed E-state index contributed by atoms with van der Waals surface area (Å²) in [5.41, 5.74) is -1.50. The number of benzene rings is 1. The number of hydrogen-bond acceptors (Lipinski definition) is 3. The van der Waals surface area contributed by atoms with Gasteiger partial charge in [-0.05, 0) is 6.07 Å². The Balaban J connectivity index is 2.00. The SMILES string of the molecule is O=C(Nc1c(F)c(F)c(F)c(F)c1F)c1cc2ncccn2n1. The number of halogens is 5. The molecule has 1 N–H and O–H groups in total. The number of rotatable bonds is 2. The molecule has 3 rings (SSSR count). The van der Waals surface area contributed by atoms with Crippen LogP contribution in [0.5, 0.6) is 0 Å². The monoisotopic (exact) mass is 328 g/mol. The number of nitrogens with zero attached hydrogens (tertiary/aromatic N) is 3. The number of fused-ring (bicyclic) bond motifs is 1. The molecule has 1 aromatic carbocycles. The van der Waals surface area contributed by atoms with E-state index in [2.05, 4.69) is 10.1 Å². The first kappa shape index (κ1) is 14.9. The third-order valence-electron chi connectivity index (χ3n) is 2.92. The minimum absolute atomic E-state index is 0.259. The fourth-order valence-corrected chi connectivity index (χ4v) is 1.83. The van der Waals surface area contributed by atoms with Crippen molar-refractivity contribution in [3.8, 4) is 0 Å². The highest BCUT2D eigenvalue weighted by atomic mass is 19.2. The van der Waals surface area contributed by atoms with Gasteiger partial charge in [0.25, 0.3) is 5.91 Å². The summed E-state index contributed by atoms with van der Waals surface area (Å²) in [6.45, 7) is 0. The second-order valence-corrected chi connectivity index (χ2v) is 4.35. The molecule has 10 heteroatoms. The molecule has 1 amide bonds. The fraction of sp³-hybridized carbons (Fsp3) is 0. The van der Waals surface area contributed by atoms with E-state index < -0.39 is 40.7 Å². The zero-order chi connectivity index (χ0) is 16.7. The van der Waals surface area contributed by atoms with Gasteiger partial charge in [0.15, 0.2) is 34.6 Å². The van der Waals surface area contributed by atoms with E-state index in [1.54, 1.807) is 5.32 Å². The topological polar surface area (TPSA) is 59.3 Å². The van der Waals surface area contributed by atoms with Gasteiger partial charge in [-0.25, -0.2) is 31.5 Å². The maximum absolute atomic E-state index is 13.5. The molecule has 0 aliphatic carbocycles. The second kappa shape index (κ2) is 5.30.